The molecule has 0 bridgehead atoms. The fourth-order valence-corrected chi connectivity index (χ4v) is 0. The van der Waals surface area contributed by atoms with Gasteiger partial charge in [-0.25, -0.2) is 0 Å². The van der Waals surface area contributed by atoms with Crippen LogP contribution in [0.5, 0.6) is 0 Å². The Balaban J connectivity index is -0.00000000167. The molecule has 0 N–H and O–H groups in total. The van der Waals surface area contributed by atoms with Crippen molar-refractivity contribution < 1.29 is 26.2 Å². The zero-order valence-corrected chi connectivity index (χ0v) is 7.41. The summed E-state index contributed by atoms with van der Waals surface area (Å²) in [6, 6.07) is 0. The van der Waals surface area contributed by atoms with Crippen molar-refractivity contribution in [2.24, 2.45) is 0 Å². The van der Waals surface area contributed by atoms with E-state index in [-0.39, 0.29) is 51.0 Å². The van der Waals surface area contributed by atoms with Crippen molar-refractivity contribution in [1.82, 2.24) is 0 Å². The van der Waals surface area contributed by atoms with E-state index in [1.165, 1.54) is 0 Å². The van der Waals surface area contributed by atoms with Crippen LogP contribution in [0.2, 0.25) is 0 Å². The summed E-state index contributed by atoms with van der Waals surface area (Å²) >= 11 is 0. The molecule has 0 spiro atoms. The SMILES string of the molecule is CC.Cl.Cl.[Zr]. The molecule has 0 unspecified atom stereocenters. The minimum atomic E-state index is 0. The smallest absolute Gasteiger partial charge is 0 e. The monoisotopic (exact) mass is 192 g/mol. The minimum Gasteiger partial charge on any atom is -0.147 e. The molecule has 0 atom stereocenters. The summed E-state index contributed by atoms with van der Waals surface area (Å²) in [5.74, 6) is 0. The van der Waals surface area contributed by atoms with Crippen molar-refractivity contribution in [2.45, 2.75) is 13.8 Å². The molecule has 0 nitrogen and oxygen atoms in total. The molecule has 0 saturated carbocycles. The first-order chi connectivity index (χ1) is 1.00. The van der Waals surface area contributed by atoms with E-state index in [2.05, 4.69) is 0 Å². The number of rotatable bonds is 0. The van der Waals surface area contributed by atoms with Crippen molar-refractivity contribution in [3.05, 3.63) is 0 Å². The van der Waals surface area contributed by atoms with Gasteiger partial charge in [-0.3, -0.25) is 0 Å². The molecule has 0 aromatic rings. The van der Waals surface area contributed by atoms with Crippen LogP contribution in [0.3, 0.4) is 0 Å². The van der Waals surface area contributed by atoms with E-state index in [0.29, 0.717) is 0 Å². The fraction of sp³-hybridized carbons (Fsp3) is 1.00. The van der Waals surface area contributed by atoms with Crippen LogP contribution in [-0.4, -0.2) is 0 Å². The molecule has 0 aliphatic rings. The second kappa shape index (κ2) is 50.8. The Kier molecular flexibility index (Phi) is 323. The minimum absolute atomic E-state index is 0. The maximum Gasteiger partial charge on any atom is 0 e. The summed E-state index contributed by atoms with van der Waals surface area (Å²) < 4.78 is 0. The summed E-state index contributed by atoms with van der Waals surface area (Å²) in [7, 11) is 0. The Morgan fingerprint density at radius 2 is 0.800 bits per heavy atom. The molecule has 0 aliphatic carbocycles. The third kappa shape index (κ3) is 30.6. The third-order valence-corrected chi connectivity index (χ3v) is 0. The first-order valence-corrected chi connectivity index (χ1v) is 1.00. The predicted molar refractivity (Wildman–Crippen MR) is 25.8 cm³/mol. The Morgan fingerprint density at radius 1 is 0.800 bits per heavy atom. The summed E-state index contributed by atoms with van der Waals surface area (Å²) in [5, 5.41) is 0. The molecule has 0 rings (SSSR count). The van der Waals surface area contributed by atoms with Crippen molar-refractivity contribution in [2.75, 3.05) is 0 Å². The van der Waals surface area contributed by atoms with E-state index in [1.54, 1.807) is 0 Å². The molecule has 0 aromatic carbocycles. The van der Waals surface area contributed by atoms with Crippen molar-refractivity contribution in [1.29, 1.82) is 0 Å². The van der Waals surface area contributed by atoms with Gasteiger partial charge >= 0.3 is 0 Å². The van der Waals surface area contributed by atoms with Gasteiger partial charge in [0.15, 0.2) is 0 Å². The van der Waals surface area contributed by atoms with Crippen LogP contribution >= 0.6 is 24.8 Å². The molecule has 34 valence electrons. The molecule has 0 fully saturated rings. The number of halogens is 2. The predicted octanol–water partition coefficient (Wildman–Crippen LogP) is 1.87. The summed E-state index contributed by atoms with van der Waals surface area (Å²) in [6.07, 6.45) is 0. The van der Waals surface area contributed by atoms with E-state index < -0.39 is 0 Å². The molecule has 0 amide bonds. The standard InChI is InChI=1S/C2H6.2ClH.Zr/c1-2;;;/h1-2H3;2*1H;. The van der Waals surface area contributed by atoms with Gasteiger partial charge in [-0.1, -0.05) is 13.8 Å². The molecule has 0 saturated heterocycles. The second-order valence-electron chi connectivity index (χ2n) is 0. The third-order valence-electron chi connectivity index (χ3n) is 0. The Bertz CT molecular complexity index is 7.61. The van der Waals surface area contributed by atoms with Crippen LogP contribution in [0.15, 0.2) is 0 Å². The summed E-state index contributed by atoms with van der Waals surface area (Å²) in [4.78, 5) is 0. The fourth-order valence-electron chi connectivity index (χ4n) is 0. The Hall–Kier alpha value is 1.46. The van der Waals surface area contributed by atoms with E-state index in [9.17, 15) is 0 Å². The number of hydrogen-bond acceptors (Lipinski definition) is 0. The maximum atomic E-state index is 2.00. The zero-order valence-electron chi connectivity index (χ0n) is 3.32. The van der Waals surface area contributed by atoms with Crippen molar-refractivity contribution in [3.8, 4) is 0 Å². The largest absolute Gasteiger partial charge is 0.147 e. The molecule has 0 aromatic heterocycles. The van der Waals surface area contributed by atoms with Gasteiger partial charge in [-0.2, -0.15) is 0 Å². The topological polar surface area (TPSA) is 0 Å². The van der Waals surface area contributed by atoms with Crippen LogP contribution < -0.4 is 0 Å². The molecule has 0 radical (unpaired) electrons. The van der Waals surface area contributed by atoms with E-state index >= 15 is 0 Å². The van der Waals surface area contributed by atoms with E-state index in [0.717, 1.165) is 0 Å². The van der Waals surface area contributed by atoms with Gasteiger partial charge in [0.1, 0.15) is 0 Å². The molecule has 3 heteroatoms. The van der Waals surface area contributed by atoms with Crippen molar-refractivity contribution >= 4 is 24.8 Å². The van der Waals surface area contributed by atoms with Gasteiger partial charge < -0.3 is 0 Å². The molecule has 0 aliphatic heterocycles. The Morgan fingerprint density at radius 3 is 0.800 bits per heavy atom. The van der Waals surface area contributed by atoms with Crippen LogP contribution in [0.4, 0.5) is 0 Å². The van der Waals surface area contributed by atoms with Crippen LogP contribution in [0, 0.1) is 0 Å². The molecule has 0 heterocycles. The first-order valence-electron chi connectivity index (χ1n) is 1.00. The van der Waals surface area contributed by atoms with Crippen LogP contribution in [-0.2, 0) is 26.2 Å². The van der Waals surface area contributed by atoms with Gasteiger partial charge in [0, 0.05) is 26.2 Å². The van der Waals surface area contributed by atoms with E-state index in [1.807, 2.05) is 13.8 Å². The summed E-state index contributed by atoms with van der Waals surface area (Å²) in [6.45, 7) is 4.00. The normalized spacial score (nSPS) is 1.20. The molecular weight excluding hydrogens is 186 g/mol. The van der Waals surface area contributed by atoms with Gasteiger partial charge in [0.25, 0.3) is 0 Å². The van der Waals surface area contributed by atoms with Gasteiger partial charge in [0.2, 0.25) is 0 Å². The van der Waals surface area contributed by atoms with Gasteiger partial charge in [-0.15, -0.1) is 24.8 Å². The van der Waals surface area contributed by atoms with Crippen LogP contribution in [0.1, 0.15) is 13.8 Å². The maximum absolute atomic E-state index is 2.00. The van der Waals surface area contributed by atoms with Crippen molar-refractivity contribution in [3.63, 3.8) is 0 Å². The second-order valence-corrected chi connectivity index (χ2v) is 0. The molecular formula is C2H8Cl2Zr. The van der Waals surface area contributed by atoms with Crippen LogP contribution in [0.25, 0.3) is 0 Å². The first kappa shape index (κ1) is 31.8. The zero-order chi connectivity index (χ0) is 2.00. The summed E-state index contributed by atoms with van der Waals surface area (Å²) in [5.41, 5.74) is 0. The van der Waals surface area contributed by atoms with E-state index in [4.69, 9.17) is 0 Å². The average molecular weight is 194 g/mol. The Labute approximate surface area is 64.7 Å². The quantitative estimate of drug-likeness (QED) is 0.552. The van der Waals surface area contributed by atoms with Gasteiger partial charge in [-0.05, 0) is 0 Å². The molecule has 5 heavy (non-hydrogen) atoms. The number of hydrogen-bond donors (Lipinski definition) is 0. The van der Waals surface area contributed by atoms with Gasteiger partial charge in [0.05, 0.1) is 0 Å². The average Bonchev–Trinajstić information content (AvgIpc) is 1.00.